The third kappa shape index (κ3) is 3.24. The van der Waals surface area contributed by atoms with Crippen molar-refractivity contribution in [3.63, 3.8) is 0 Å². The number of hydrogen-bond donors (Lipinski definition) is 1. The Morgan fingerprint density at radius 1 is 0.905 bits per heavy atom. The Bertz CT molecular complexity index is 662. The van der Waals surface area contributed by atoms with Crippen LogP contribution in [0.2, 0.25) is 0 Å². The van der Waals surface area contributed by atoms with Gasteiger partial charge < -0.3 is 5.11 Å². The van der Waals surface area contributed by atoms with E-state index in [4.69, 9.17) is 0 Å². The van der Waals surface area contributed by atoms with Crippen LogP contribution in [0.5, 0.6) is 0 Å². The van der Waals surface area contributed by atoms with Gasteiger partial charge in [-0.3, -0.25) is 0 Å². The van der Waals surface area contributed by atoms with Crippen molar-refractivity contribution in [2.24, 2.45) is 0 Å². The topological polar surface area (TPSA) is 20.2 Å². The van der Waals surface area contributed by atoms with Gasteiger partial charge in [0.1, 0.15) is 11.9 Å². The molecule has 0 bridgehead atoms. The second-order valence-corrected chi connectivity index (χ2v) is 4.97. The zero-order chi connectivity index (χ0) is 15.8. The van der Waals surface area contributed by atoms with Crippen LogP contribution in [-0.2, 0) is 6.18 Å². The molecule has 0 amide bonds. The van der Waals surface area contributed by atoms with Gasteiger partial charge in [-0.15, -0.1) is 0 Å². The summed E-state index contributed by atoms with van der Waals surface area (Å²) >= 11 is 0. The van der Waals surface area contributed by atoms with Crippen LogP contribution in [0.4, 0.5) is 17.6 Å². The smallest absolute Gasteiger partial charge is 0.384 e. The molecule has 0 aliphatic rings. The van der Waals surface area contributed by atoms with Crippen LogP contribution in [0.3, 0.4) is 0 Å². The van der Waals surface area contributed by atoms with Gasteiger partial charge in [-0.1, -0.05) is 12.1 Å². The van der Waals surface area contributed by atoms with E-state index in [9.17, 15) is 22.7 Å². The Morgan fingerprint density at radius 3 is 1.90 bits per heavy atom. The number of alkyl halides is 3. The average Bonchev–Trinajstić information content (AvgIpc) is 2.36. The Morgan fingerprint density at radius 2 is 1.43 bits per heavy atom. The van der Waals surface area contributed by atoms with Crippen molar-refractivity contribution < 1.29 is 22.7 Å². The molecule has 2 aromatic rings. The van der Waals surface area contributed by atoms with E-state index in [0.717, 1.165) is 12.1 Å². The van der Waals surface area contributed by atoms with Crippen molar-refractivity contribution in [1.29, 1.82) is 0 Å². The summed E-state index contributed by atoms with van der Waals surface area (Å²) in [6.45, 7) is 3.15. The number of aliphatic hydroxyl groups excluding tert-OH is 1. The highest BCUT2D eigenvalue weighted by molar-refractivity contribution is 5.41. The van der Waals surface area contributed by atoms with Crippen molar-refractivity contribution >= 4 is 0 Å². The Hall–Kier alpha value is -1.88. The zero-order valence-electron chi connectivity index (χ0n) is 11.5. The molecule has 0 saturated heterocycles. The molecule has 1 N–H and O–H groups in total. The maximum Gasteiger partial charge on any atom is 0.416 e. The molecule has 1 atom stereocenters. The van der Waals surface area contributed by atoms with Gasteiger partial charge in [-0.05, 0) is 60.4 Å². The van der Waals surface area contributed by atoms with Crippen molar-refractivity contribution in [3.05, 3.63) is 70.0 Å². The van der Waals surface area contributed by atoms with Crippen LogP contribution in [-0.4, -0.2) is 5.11 Å². The maximum atomic E-state index is 13.1. The first-order valence-electron chi connectivity index (χ1n) is 6.32. The summed E-state index contributed by atoms with van der Waals surface area (Å²) in [5, 5.41) is 10.3. The van der Waals surface area contributed by atoms with Gasteiger partial charge in [-0.2, -0.15) is 13.2 Å². The standard InChI is InChI=1S/C16H14F4O/c1-9-7-11(16(18,19)20)3-5-13(9)15(21)14-6-4-12(17)8-10(14)2/h3-8,15,21H,1-2H3. The molecule has 0 spiro atoms. The molecule has 2 rings (SSSR count). The van der Waals surface area contributed by atoms with Crippen LogP contribution in [0.25, 0.3) is 0 Å². The van der Waals surface area contributed by atoms with E-state index < -0.39 is 23.7 Å². The molecule has 0 fully saturated rings. The monoisotopic (exact) mass is 298 g/mol. The van der Waals surface area contributed by atoms with E-state index in [1.165, 1.54) is 31.2 Å². The molecule has 0 aliphatic carbocycles. The fourth-order valence-electron chi connectivity index (χ4n) is 2.27. The van der Waals surface area contributed by atoms with Crippen molar-refractivity contribution in [1.82, 2.24) is 0 Å². The second-order valence-electron chi connectivity index (χ2n) is 4.97. The largest absolute Gasteiger partial charge is 0.416 e. The molecule has 2 aromatic carbocycles. The first-order valence-corrected chi connectivity index (χ1v) is 6.32. The molecule has 112 valence electrons. The normalized spacial score (nSPS) is 13.3. The zero-order valence-corrected chi connectivity index (χ0v) is 11.5. The molecule has 1 unspecified atom stereocenters. The van der Waals surface area contributed by atoms with Gasteiger partial charge in [0.15, 0.2) is 0 Å². The number of aliphatic hydroxyl groups is 1. The highest BCUT2D eigenvalue weighted by Crippen LogP contribution is 2.33. The summed E-state index contributed by atoms with van der Waals surface area (Å²) in [5.74, 6) is -0.424. The molecule has 0 aromatic heterocycles. The predicted octanol–water partition coefficient (Wildman–Crippen LogP) is 4.54. The number of hydrogen-bond acceptors (Lipinski definition) is 1. The van der Waals surface area contributed by atoms with Crippen LogP contribution < -0.4 is 0 Å². The van der Waals surface area contributed by atoms with Crippen molar-refractivity contribution in [2.45, 2.75) is 26.1 Å². The highest BCUT2D eigenvalue weighted by Gasteiger charge is 2.31. The van der Waals surface area contributed by atoms with Gasteiger partial charge in [0.05, 0.1) is 5.56 Å². The molecule has 5 heteroatoms. The average molecular weight is 298 g/mol. The molecule has 21 heavy (non-hydrogen) atoms. The molecule has 0 heterocycles. The minimum Gasteiger partial charge on any atom is -0.384 e. The number of benzene rings is 2. The van der Waals surface area contributed by atoms with E-state index in [0.29, 0.717) is 22.3 Å². The van der Waals surface area contributed by atoms with E-state index in [1.807, 2.05) is 0 Å². The summed E-state index contributed by atoms with van der Waals surface area (Å²) in [4.78, 5) is 0. The maximum absolute atomic E-state index is 13.1. The molecule has 1 nitrogen and oxygen atoms in total. The SMILES string of the molecule is Cc1cc(F)ccc1C(O)c1ccc(C(F)(F)F)cc1C. The quantitative estimate of drug-likeness (QED) is 0.807. The lowest BCUT2D eigenvalue weighted by atomic mass is 9.93. The summed E-state index contributed by atoms with van der Waals surface area (Å²) < 4.78 is 51.0. The molecular weight excluding hydrogens is 284 g/mol. The second kappa shape index (κ2) is 5.48. The Balaban J connectivity index is 2.42. The lowest BCUT2D eigenvalue weighted by molar-refractivity contribution is -0.137. The van der Waals surface area contributed by atoms with Crippen molar-refractivity contribution in [3.8, 4) is 0 Å². The van der Waals surface area contributed by atoms with Crippen LogP contribution in [0.1, 0.15) is 33.9 Å². The molecule has 0 saturated carbocycles. The number of halogens is 4. The summed E-state index contributed by atoms with van der Waals surface area (Å²) in [5.41, 5.74) is 0.964. The van der Waals surface area contributed by atoms with Gasteiger partial charge in [0.25, 0.3) is 0 Å². The minimum absolute atomic E-state index is 0.334. The van der Waals surface area contributed by atoms with Crippen molar-refractivity contribution in [2.75, 3.05) is 0 Å². The lowest BCUT2D eigenvalue weighted by Crippen LogP contribution is -2.09. The van der Waals surface area contributed by atoms with Gasteiger partial charge in [-0.25, -0.2) is 4.39 Å². The van der Waals surface area contributed by atoms with Crippen LogP contribution in [0, 0.1) is 19.7 Å². The molecular formula is C16H14F4O. The Labute approximate surface area is 119 Å². The summed E-state index contributed by atoms with van der Waals surface area (Å²) in [6.07, 6.45) is -5.51. The third-order valence-electron chi connectivity index (χ3n) is 3.42. The Kier molecular flexibility index (Phi) is 4.05. The van der Waals surface area contributed by atoms with Gasteiger partial charge in [0, 0.05) is 0 Å². The van der Waals surface area contributed by atoms with Gasteiger partial charge in [0.2, 0.25) is 0 Å². The summed E-state index contributed by atoms with van der Waals surface area (Å²) in [7, 11) is 0. The van der Waals surface area contributed by atoms with Crippen LogP contribution in [0.15, 0.2) is 36.4 Å². The van der Waals surface area contributed by atoms with Crippen LogP contribution >= 0.6 is 0 Å². The number of rotatable bonds is 2. The molecule has 0 radical (unpaired) electrons. The first kappa shape index (κ1) is 15.5. The minimum atomic E-state index is -4.42. The van der Waals surface area contributed by atoms with Gasteiger partial charge >= 0.3 is 6.18 Å². The lowest BCUT2D eigenvalue weighted by Gasteiger charge is -2.18. The van der Waals surface area contributed by atoms with E-state index in [1.54, 1.807) is 6.92 Å². The van der Waals surface area contributed by atoms with E-state index in [-0.39, 0.29) is 0 Å². The fraction of sp³-hybridized carbons (Fsp3) is 0.250. The van der Waals surface area contributed by atoms with E-state index >= 15 is 0 Å². The third-order valence-corrected chi connectivity index (χ3v) is 3.42. The van der Waals surface area contributed by atoms with E-state index in [2.05, 4.69) is 0 Å². The fourth-order valence-corrected chi connectivity index (χ4v) is 2.27. The molecule has 0 aliphatic heterocycles. The first-order chi connectivity index (χ1) is 9.70. The summed E-state index contributed by atoms with van der Waals surface area (Å²) in [6, 6.07) is 7.11. The predicted molar refractivity (Wildman–Crippen MR) is 71.4 cm³/mol. The highest BCUT2D eigenvalue weighted by atomic mass is 19.4. The number of aryl methyl sites for hydroxylation is 2.